The van der Waals surface area contributed by atoms with Crippen LogP contribution in [0.1, 0.15) is 17.8 Å². The van der Waals surface area contributed by atoms with Gasteiger partial charge in [-0.3, -0.25) is 9.78 Å². The molecule has 0 atom stereocenters. The molecule has 1 aromatic carbocycles. The molecule has 0 spiro atoms. The fraction of sp³-hybridized carbons (Fsp3) is 0.312. The molecule has 0 aliphatic carbocycles. The van der Waals surface area contributed by atoms with E-state index in [4.69, 9.17) is 0 Å². The molecule has 2 heterocycles. The van der Waals surface area contributed by atoms with Gasteiger partial charge < -0.3 is 10.6 Å². The summed E-state index contributed by atoms with van der Waals surface area (Å²) in [5, 5.41) is 17.9. The number of aromatic amines is 1. The molecule has 0 fully saturated rings. The first-order valence-electron chi connectivity index (χ1n) is 7.61. The summed E-state index contributed by atoms with van der Waals surface area (Å²) in [7, 11) is 0. The zero-order valence-electron chi connectivity index (χ0n) is 13.3. The minimum absolute atomic E-state index is 0.216. The summed E-state index contributed by atoms with van der Waals surface area (Å²) in [5.41, 5.74) is 3.79. The van der Waals surface area contributed by atoms with Crippen molar-refractivity contribution in [1.29, 1.82) is 0 Å². The summed E-state index contributed by atoms with van der Waals surface area (Å²) in [4.78, 5) is 12.0. The van der Waals surface area contributed by atoms with Gasteiger partial charge in [0.15, 0.2) is 0 Å². The molecule has 7 heteroatoms. The summed E-state index contributed by atoms with van der Waals surface area (Å²) < 4.78 is 1.96. The highest BCUT2D eigenvalue weighted by Crippen LogP contribution is 2.20. The quantitative estimate of drug-likeness (QED) is 0.633. The van der Waals surface area contributed by atoms with Crippen molar-refractivity contribution < 1.29 is 4.79 Å². The SMILES string of the molecule is Cc1cc(C)n(CCCNC(=O)Nc2cccc3[nH]ncc23)n1. The first-order chi connectivity index (χ1) is 11.1. The molecule has 0 radical (unpaired) electrons. The molecule has 2 aromatic heterocycles. The minimum Gasteiger partial charge on any atom is -0.338 e. The fourth-order valence-corrected chi connectivity index (χ4v) is 2.58. The van der Waals surface area contributed by atoms with Crippen molar-refractivity contribution in [3.63, 3.8) is 0 Å². The second kappa shape index (κ2) is 6.51. The summed E-state index contributed by atoms with van der Waals surface area (Å²) in [6, 6.07) is 7.48. The normalized spacial score (nSPS) is 10.9. The van der Waals surface area contributed by atoms with Gasteiger partial charge in [0.1, 0.15) is 0 Å². The Morgan fingerprint density at radius 1 is 1.35 bits per heavy atom. The van der Waals surface area contributed by atoms with Gasteiger partial charge in [0.05, 0.1) is 23.1 Å². The van der Waals surface area contributed by atoms with Crippen LogP contribution in [0.4, 0.5) is 10.5 Å². The third-order valence-corrected chi connectivity index (χ3v) is 3.67. The van der Waals surface area contributed by atoms with Crippen molar-refractivity contribution in [3.05, 3.63) is 41.9 Å². The van der Waals surface area contributed by atoms with Gasteiger partial charge in [0.2, 0.25) is 0 Å². The van der Waals surface area contributed by atoms with Crippen LogP contribution in [0.3, 0.4) is 0 Å². The molecular weight excluding hydrogens is 292 g/mol. The van der Waals surface area contributed by atoms with Gasteiger partial charge in [0, 0.05) is 24.2 Å². The second-order valence-electron chi connectivity index (χ2n) is 5.52. The lowest BCUT2D eigenvalue weighted by Crippen LogP contribution is -2.30. The minimum atomic E-state index is -0.216. The van der Waals surface area contributed by atoms with Gasteiger partial charge in [-0.05, 0) is 38.5 Å². The van der Waals surface area contributed by atoms with Crippen LogP contribution in [-0.2, 0) is 6.54 Å². The monoisotopic (exact) mass is 312 g/mol. The second-order valence-corrected chi connectivity index (χ2v) is 5.52. The third kappa shape index (κ3) is 3.50. The Hall–Kier alpha value is -2.83. The number of H-pyrrole nitrogens is 1. The third-order valence-electron chi connectivity index (χ3n) is 3.67. The Bertz CT molecular complexity index is 819. The first-order valence-corrected chi connectivity index (χ1v) is 7.61. The van der Waals surface area contributed by atoms with Gasteiger partial charge in [-0.15, -0.1) is 0 Å². The van der Waals surface area contributed by atoms with E-state index in [-0.39, 0.29) is 6.03 Å². The van der Waals surface area contributed by atoms with Crippen molar-refractivity contribution in [1.82, 2.24) is 25.3 Å². The number of carbonyl (C=O) groups is 1. The number of urea groups is 1. The molecule has 0 bridgehead atoms. The summed E-state index contributed by atoms with van der Waals surface area (Å²) in [5.74, 6) is 0. The Labute approximate surface area is 134 Å². The molecule has 0 saturated heterocycles. The highest BCUT2D eigenvalue weighted by atomic mass is 16.2. The van der Waals surface area contributed by atoms with Gasteiger partial charge in [-0.2, -0.15) is 10.2 Å². The van der Waals surface area contributed by atoms with E-state index in [1.165, 1.54) is 0 Å². The molecule has 3 aromatic rings. The van der Waals surface area contributed by atoms with Crippen LogP contribution in [0, 0.1) is 13.8 Å². The van der Waals surface area contributed by atoms with Crippen LogP contribution in [0.5, 0.6) is 0 Å². The maximum absolute atomic E-state index is 12.0. The van der Waals surface area contributed by atoms with E-state index in [2.05, 4.69) is 25.9 Å². The lowest BCUT2D eigenvalue weighted by molar-refractivity contribution is 0.251. The smallest absolute Gasteiger partial charge is 0.319 e. The Morgan fingerprint density at radius 3 is 3.00 bits per heavy atom. The molecule has 3 rings (SSSR count). The number of hydrogen-bond donors (Lipinski definition) is 3. The predicted octanol–water partition coefficient (Wildman–Crippen LogP) is 2.59. The van der Waals surface area contributed by atoms with Crippen LogP contribution in [0.25, 0.3) is 10.9 Å². The number of amides is 2. The predicted molar refractivity (Wildman–Crippen MR) is 89.4 cm³/mol. The van der Waals surface area contributed by atoms with E-state index in [1.807, 2.05) is 42.8 Å². The fourth-order valence-electron chi connectivity index (χ4n) is 2.58. The van der Waals surface area contributed by atoms with Crippen LogP contribution in [0.2, 0.25) is 0 Å². The Balaban J connectivity index is 1.48. The van der Waals surface area contributed by atoms with Gasteiger partial charge in [-0.1, -0.05) is 6.07 Å². The van der Waals surface area contributed by atoms with Crippen molar-refractivity contribution >= 4 is 22.6 Å². The van der Waals surface area contributed by atoms with E-state index in [9.17, 15) is 4.79 Å². The van der Waals surface area contributed by atoms with Crippen LogP contribution < -0.4 is 10.6 Å². The molecule has 0 saturated carbocycles. The zero-order chi connectivity index (χ0) is 16.2. The molecule has 0 aliphatic rings. The Morgan fingerprint density at radius 2 is 2.22 bits per heavy atom. The molecular formula is C16H20N6O. The van der Waals surface area contributed by atoms with Gasteiger partial charge in [0.25, 0.3) is 0 Å². The van der Waals surface area contributed by atoms with E-state index in [1.54, 1.807) is 6.20 Å². The van der Waals surface area contributed by atoms with E-state index >= 15 is 0 Å². The lowest BCUT2D eigenvalue weighted by atomic mass is 10.2. The zero-order valence-corrected chi connectivity index (χ0v) is 13.3. The molecule has 0 unspecified atom stereocenters. The van der Waals surface area contributed by atoms with E-state index < -0.39 is 0 Å². The summed E-state index contributed by atoms with van der Waals surface area (Å²) in [6.45, 7) is 5.39. The average Bonchev–Trinajstić information content (AvgIpc) is 3.11. The maximum Gasteiger partial charge on any atom is 0.319 e. The van der Waals surface area contributed by atoms with Crippen LogP contribution in [0.15, 0.2) is 30.5 Å². The van der Waals surface area contributed by atoms with E-state index in [0.717, 1.165) is 40.9 Å². The molecule has 3 N–H and O–H groups in total. The number of rotatable bonds is 5. The highest BCUT2D eigenvalue weighted by molar-refractivity contribution is 6.00. The van der Waals surface area contributed by atoms with Gasteiger partial charge >= 0.3 is 6.03 Å². The van der Waals surface area contributed by atoms with Crippen LogP contribution >= 0.6 is 0 Å². The first kappa shape index (κ1) is 15.1. The number of carbonyl (C=O) groups excluding carboxylic acids is 1. The number of nitrogens with zero attached hydrogens (tertiary/aromatic N) is 3. The number of hydrogen-bond acceptors (Lipinski definition) is 3. The highest BCUT2D eigenvalue weighted by Gasteiger charge is 2.06. The molecule has 23 heavy (non-hydrogen) atoms. The Kier molecular flexibility index (Phi) is 4.27. The largest absolute Gasteiger partial charge is 0.338 e. The number of benzene rings is 1. The van der Waals surface area contributed by atoms with E-state index in [0.29, 0.717) is 6.54 Å². The number of anilines is 1. The van der Waals surface area contributed by atoms with Crippen molar-refractivity contribution in [2.45, 2.75) is 26.8 Å². The molecule has 7 nitrogen and oxygen atoms in total. The number of aryl methyl sites for hydroxylation is 3. The molecule has 120 valence electrons. The summed E-state index contributed by atoms with van der Waals surface area (Å²) >= 11 is 0. The van der Waals surface area contributed by atoms with Crippen LogP contribution in [-0.4, -0.2) is 32.6 Å². The van der Waals surface area contributed by atoms with Crippen molar-refractivity contribution in [2.24, 2.45) is 0 Å². The maximum atomic E-state index is 12.0. The standard InChI is InChI=1S/C16H20N6O/c1-11-9-12(2)22(21-11)8-4-7-17-16(23)19-14-5-3-6-15-13(14)10-18-20-15/h3,5-6,9-10H,4,7-8H2,1-2H3,(H,18,20)(H2,17,19,23). The van der Waals surface area contributed by atoms with Gasteiger partial charge in [-0.25, -0.2) is 4.79 Å². The summed E-state index contributed by atoms with van der Waals surface area (Å²) in [6.07, 6.45) is 2.53. The van der Waals surface area contributed by atoms with Crippen molar-refractivity contribution in [3.8, 4) is 0 Å². The number of nitrogens with one attached hydrogen (secondary N) is 3. The number of aromatic nitrogens is 4. The molecule has 0 aliphatic heterocycles. The average molecular weight is 312 g/mol. The molecule has 2 amide bonds. The number of fused-ring (bicyclic) bond motifs is 1. The van der Waals surface area contributed by atoms with Crippen molar-refractivity contribution in [2.75, 3.05) is 11.9 Å². The topological polar surface area (TPSA) is 87.6 Å². The lowest BCUT2D eigenvalue weighted by Gasteiger charge is -2.09.